The monoisotopic (exact) mass is 342 g/mol. The summed E-state index contributed by atoms with van der Waals surface area (Å²) in [5.41, 5.74) is 1.16. The first-order valence-corrected chi connectivity index (χ1v) is 9.98. The van der Waals surface area contributed by atoms with Gasteiger partial charge in [-0.1, -0.05) is 0 Å². The molecule has 23 heavy (non-hydrogen) atoms. The van der Waals surface area contributed by atoms with E-state index in [1.807, 2.05) is 17.1 Å². The van der Waals surface area contributed by atoms with E-state index in [4.69, 9.17) is 0 Å². The van der Waals surface area contributed by atoms with Crippen LogP contribution in [0.4, 0.5) is 0 Å². The van der Waals surface area contributed by atoms with Crippen molar-refractivity contribution in [2.75, 3.05) is 32.4 Å². The van der Waals surface area contributed by atoms with Gasteiger partial charge in [0, 0.05) is 57.3 Å². The molecule has 1 aliphatic rings. The first-order chi connectivity index (χ1) is 10.8. The lowest BCUT2D eigenvalue weighted by molar-refractivity contribution is -0.130. The van der Waals surface area contributed by atoms with Crippen molar-refractivity contribution in [3.05, 3.63) is 18.0 Å². The zero-order chi connectivity index (χ0) is 17.0. The minimum atomic E-state index is -3.34. The fourth-order valence-electron chi connectivity index (χ4n) is 2.71. The Bertz CT molecular complexity index is 641. The smallest absolute Gasteiger partial charge is 0.240 e. The third-order valence-corrected chi connectivity index (χ3v) is 5.79. The van der Waals surface area contributed by atoms with Gasteiger partial charge in [-0.15, -0.1) is 0 Å². The fraction of sp³-hybridized carbons (Fsp3) is 0.733. The van der Waals surface area contributed by atoms with Crippen molar-refractivity contribution in [3.63, 3.8) is 0 Å². The molecule has 0 bridgehead atoms. The second-order valence-corrected chi connectivity index (χ2v) is 8.50. The molecule has 1 aliphatic heterocycles. The Kier molecular flexibility index (Phi) is 5.80. The third kappa shape index (κ3) is 4.78. The lowest BCUT2D eigenvalue weighted by atomic mass is 10.3. The SMILES string of the molecule is CCn1cc(CN2CCCN(C(=O)[C@H](C)S(C)(=O)=O)CC2)cn1. The second-order valence-electron chi connectivity index (χ2n) is 6.13. The molecule has 1 aromatic rings. The summed E-state index contributed by atoms with van der Waals surface area (Å²) in [6, 6.07) is 0. The molecule has 8 heteroatoms. The van der Waals surface area contributed by atoms with Crippen molar-refractivity contribution >= 4 is 15.7 Å². The number of nitrogens with zero attached hydrogens (tertiary/aromatic N) is 4. The largest absolute Gasteiger partial charge is 0.340 e. The Hall–Kier alpha value is -1.41. The van der Waals surface area contributed by atoms with Gasteiger partial charge >= 0.3 is 0 Å². The van der Waals surface area contributed by atoms with E-state index in [-0.39, 0.29) is 5.91 Å². The number of amides is 1. The highest BCUT2D eigenvalue weighted by Crippen LogP contribution is 2.11. The maximum absolute atomic E-state index is 12.3. The number of aryl methyl sites for hydroxylation is 1. The van der Waals surface area contributed by atoms with Crippen LogP contribution in [0.1, 0.15) is 25.8 Å². The number of sulfone groups is 1. The molecule has 1 fully saturated rings. The van der Waals surface area contributed by atoms with Crippen molar-refractivity contribution in [2.45, 2.75) is 38.6 Å². The van der Waals surface area contributed by atoms with Gasteiger partial charge in [0.2, 0.25) is 5.91 Å². The van der Waals surface area contributed by atoms with Crippen LogP contribution in [0.2, 0.25) is 0 Å². The summed E-state index contributed by atoms with van der Waals surface area (Å²) < 4.78 is 25.0. The fourth-order valence-corrected chi connectivity index (χ4v) is 3.22. The van der Waals surface area contributed by atoms with Crippen LogP contribution in [-0.2, 0) is 27.7 Å². The summed E-state index contributed by atoms with van der Waals surface area (Å²) >= 11 is 0. The Labute approximate surface area is 138 Å². The molecule has 130 valence electrons. The number of aromatic nitrogens is 2. The summed E-state index contributed by atoms with van der Waals surface area (Å²) in [7, 11) is -3.34. The van der Waals surface area contributed by atoms with Crippen molar-refractivity contribution in [1.82, 2.24) is 19.6 Å². The van der Waals surface area contributed by atoms with Crippen LogP contribution in [0.3, 0.4) is 0 Å². The molecule has 0 radical (unpaired) electrons. The standard InChI is InChI=1S/C15H26N4O3S/c1-4-19-12-14(10-16-19)11-17-6-5-7-18(9-8-17)15(20)13(2)23(3,21)22/h10,12-13H,4-9,11H2,1-3H3/t13-/m0/s1. The van der Waals surface area contributed by atoms with Crippen LogP contribution in [0, 0.1) is 0 Å². The zero-order valence-corrected chi connectivity index (χ0v) is 14.9. The highest BCUT2D eigenvalue weighted by Gasteiger charge is 2.29. The molecule has 0 N–H and O–H groups in total. The van der Waals surface area contributed by atoms with Crippen molar-refractivity contribution in [1.29, 1.82) is 0 Å². The van der Waals surface area contributed by atoms with Crippen molar-refractivity contribution in [3.8, 4) is 0 Å². The maximum atomic E-state index is 12.3. The first-order valence-electron chi connectivity index (χ1n) is 8.02. The van der Waals surface area contributed by atoms with E-state index in [1.165, 1.54) is 6.92 Å². The van der Waals surface area contributed by atoms with Gasteiger partial charge in [0.15, 0.2) is 9.84 Å². The van der Waals surface area contributed by atoms with E-state index in [2.05, 4.69) is 16.9 Å². The van der Waals surface area contributed by atoms with Crippen LogP contribution >= 0.6 is 0 Å². The minimum absolute atomic E-state index is 0.284. The molecule has 2 rings (SSSR count). The van der Waals surface area contributed by atoms with Crippen molar-refractivity contribution < 1.29 is 13.2 Å². The highest BCUT2D eigenvalue weighted by atomic mass is 32.2. The Morgan fingerprint density at radius 3 is 2.65 bits per heavy atom. The number of hydrogen-bond donors (Lipinski definition) is 0. The predicted octanol–water partition coefficient (Wildman–Crippen LogP) is 0.370. The quantitative estimate of drug-likeness (QED) is 0.773. The molecule has 1 saturated heterocycles. The zero-order valence-electron chi connectivity index (χ0n) is 14.1. The van der Waals surface area contributed by atoms with Crippen LogP contribution in [0.5, 0.6) is 0 Å². The van der Waals surface area contributed by atoms with Gasteiger partial charge in [-0.05, 0) is 20.3 Å². The van der Waals surface area contributed by atoms with Crippen LogP contribution in [0.25, 0.3) is 0 Å². The van der Waals surface area contributed by atoms with E-state index >= 15 is 0 Å². The topological polar surface area (TPSA) is 75.5 Å². The molecule has 2 heterocycles. The van der Waals surface area contributed by atoms with E-state index < -0.39 is 15.1 Å². The summed E-state index contributed by atoms with van der Waals surface area (Å²) in [5, 5.41) is 3.31. The molecular formula is C15H26N4O3S. The molecule has 0 spiro atoms. The number of carbonyl (C=O) groups is 1. The summed E-state index contributed by atoms with van der Waals surface area (Å²) in [4.78, 5) is 16.3. The molecule has 0 saturated carbocycles. The number of hydrogen-bond acceptors (Lipinski definition) is 5. The Morgan fingerprint density at radius 1 is 1.30 bits per heavy atom. The number of carbonyl (C=O) groups excluding carboxylic acids is 1. The van der Waals surface area contributed by atoms with Gasteiger partial charge in [0.25, 0.3) is 0 Å². The van der Waals surface area contributed by atoms with Gasteiger partial charge in [0.1, 0.15) is 5.25 Å². The summed E-state index contributed by atoms with van der Waals surface area (Å²) in [5.74, 6) is -0.284. The van der Waals surface area contributed by atoms with E-state index in [0.29, 0.717) is 13.1 Å². The molecule has 1 aromatic heterocycles. The van der Waals surface area contributed by atoms with Crippen LogP contribution in [0.15, 0.2) is 12.4 Å². The molecule has 1 amide bonds. The Balaban J connectivity index is 1.92. The lowest BCUT2D eigenvalue weighted by Crippen LogP contribution is -2.43. The van der Waals surface area contributed by atoms with Gasteiger partial charge < -0.3 is 4.90 Å². The van der Waals surface area contributed by atoms with Gasteiger partial charge in [-0.25, -0.2) is 8.42 Å². The molecule has 0 aliphatic carbocycles. The minimum Gasteiger partial charge on any atom is -0.340 e. The maximum Gasteiger partial charge on any atom is 0.240 e. The third-order valence-electron chi connectivity index (χ3n) is 4.31. The molecule has 7 nitrogen and oxygen atoms in total. The average Bonchev–Trinajstić information content (AvgIpc) is 2.82. The lowest BCUT2D eigenvalue weighted by Gasteiger charge is -2.24. The molecule has 0 aromatic carbocycles. The first kappa shape index (κ1) is 17.9. The number of rotatable bonds is 5. The highest BCUT2D eigenvalue weighted by molar-refractivity contribution is 7.92. The molecule has 1 atom stereocenters. The summed E-state index contributed by atoms with van der Waals surface area (Å²) in [6.45, 7) is 8.02. The predicted molar refractivity (Wildman–Crippen MR) is 88.7 cm³/mol. The second kappa shape index (κ2) is 7.44. The Morgan fingerprint density at radius 2 is 2.04 bits per heavy atom. The molecule has 0 unspecified atom stereocenters. The van der Waals surface area contributed by atoms with Gasteiger partial charge in [-0.2, -0.15) is 5.10 Å². The normalized spacial score (nSPS) is 18.7. The van der Waals surface area contributed by atoms with E-state index in [9.17, 15) is 13.2 Å². The van der Waals surface area contributed by atoms with Gasteiger partial charge in [-0.3, -0.25) is 14.4 Å². The van der Waals surface area contributed by atoms with Crippen LogP contribution < -0.4 is 0 Å². The molecular weight excluding hydrogens is 316 g/mol. The van der Waals surface area contributed by atoms with E-state index in [0.717, 1.165) is 44.4 Å². The van der Waals surface area contributed by atoms with Gasteiger partial charge in [0.05, 0.1) is 6.20 Å². The summed E-state index contributed by atoms with van der Waals surface area (Å²) in [6.07, 6.45) is 5.89. The van der Waals surface area contributed by atoms with E-state index in [1.54, 1.807) is 4.90 Å². The average molecular weight is 342 g/mol. The van der Waals surface area contributed by atoms with Crippen molar-refractivity contribution in [2.24, 2.45) is 0 Å². The van der Waals surface area contributed by atoms with Crippen LogP contribution in [-0.4, -0.2) is 71.6 Å².